The second kappa shape index (κ2) is 8.11. The van der Waals surface area contributed by atoms with E-state index in [0.717, 1.165) is 0 Å². The molecule has 2 aromatic rings. The maximum atomic E-state index is 3.85. The van der Waals surface area contributed by atoms with E-state index in [1.54, 1.807) is 0 Å². The van der Waals surface area contributed by atoms with Gasteiger partial charge in [-0.15, -0.1) is 11.3 Å². The molecule has 0 saturated carbocycles. The van der Waals surface area contributed by atoms with Gasteiger partial charge in [-0.25, -0.2) is 0 Å². The van der Waals surface area contributed by atoms with Gasteiger partial charge in [-0.1, -0.05) is 57.0 Å². The highest BCUT2D eigenvalue weighted by Crippen LogP contribution is 2.32. The monoisotopic (exact) mass is 365 g/mol. The van der Waals surface area contributed by atoms with Gasteiger partial charge in [0, 0.05) is 26.8 Å². The fraction of sp³-hybridized carbons (Fsp3) is 0.444. The predicted molar refractivity (Wildman–Crippen MR) is 96.8 cm³/mol. The highest BCUT2D eigenvalue weighted by atomic mass is 79.9. The number of hydrogen-bond donors (Lipinski definition) is 1. The molecular formula is C18H24BrNS. The van der Waals surface area contributed by atoms with E-state index < -0.39 is 0 Å². The van der Waals surface area contributed by atoms with Crippen LogP contribution in [0.2, 0.25) is 0 Å². The summed E-state index contributed by atoms with van der Waals surface area (Å²) in [6, 6.07) is 13.9. The number of halogens is 1. The Morgan fingerprint density at radius 2 is 1.81 bits per heavy atom. The fourth-order valence-corrected chi connectivity index (χ4v) is 4.29. The summed E-state index contributed by atoms with van der Waals surface area (Å²) >= 11 is 5.36. The van der Waals surface area contributed by atoms with Gasteiger partial charge < -0.3 is 5.32 Å². The third-order valence-corrected chi connectivity index (χ3v) is 6.00. The molecule has 21 heavy (non-hydrogen) atoms. The summed E-state index contributed by atoms with van der Waals surface area (Å²) < 4.78 is 1.18. The summed E-state index contributed by atoms with van der Waals surface area (Å²) in [6.07, 6.45) is 2.40. The zero-order valence-corrected chi connectivity index (χ0v) is 15.4. The van der Waals surface area contributed by atoms with Crippen LogP contribution in [0.5, 0.6) is 0 Å². The van der Waals surface area contributed by atoms with Crippen molar-refractivity contribution in [2.45, 2.75) is 45.7 Å². The van der Waals surface area contributed by atoms with E-state index in [0.29, 0.717) is 18.0 Å². The maximum Gasteiger partial charge on any atom is 0.0391 e. The quantitative estimate of drug-likeness (QED) is 0.603. The van der Waals surface area contributed by atoms with Crippen LogP contribution in [0, 0.1) is 5.92 Å². The molecule has 0 saturated heterocycles. The van der Waals surface area contributed by atoms with Crippen molar-refractivity contribution in [1.29, 1.82) is 0 Å². The highest BCUT2D eigenvalue weighted by Gasteiger charge is 2.22. The van der Waals surface area contributed by atoms with Crippen LogP contribution in [0.3, 0.4) is 0 Å². The number of benzene rings is 1. The Labute approximate surface area is 140 Å². The third-order valence-electron chi connectivity index (χ3n) is 4.12. The molecule has 2 atom stereocenters. The summed E-state index contributed by atoms with van der Waals surface area (Å²) in [7, 11) is 0. The van der Waals surface area contributed by atoms with Crippen molar-refractivity contribution in [3.05, 3.63) is 56.7 Å². The van der Waals surface area contributed by atoms with E-state index in [4.69, 9.17) is 0 Å². The second-order valence-corrected chi connectivity index (χ2v) is 7.38. The smallest absolute Gasteiger partial charge is 0.0391 e. The lowest BCUT2D eigenvalue weighted by Gasteiger charge is -2.30. The normalized spacial score (nSPS) is 14.3. The van der Waals surface area contributed by atoms with Gasteiger partial charge >= 0.3 is 0 Å². The standard InChI is InChI=1S/C18H24BrNS/c1-4-14(5-2)18(15-9-7-6-8-10-15)20-13(3)17-11-16(19)12-21-17/h6-14,18,20H,4-5H2,1-3H3. The van der Waals surface area contributed by atoms with Crippen LogP contribution in [-0.4, -0.2) is 0 Å². The average Bonchev–Trinajstić information content (AvgIpc) is 2.95. The van der Waals surface area contributed by atoms with Crippen LogP contribution in [-0.2, 0) is 0 Å². The molecule has 0 spiro atoms. The van der Waals surface area contributed by atoms with E-state index in [9.17, 15) is 0 Å². The Hall–Kier alpha value is -0.640. The van der Waals surface area contributed by atoms with Crippen molar-refractivity contribution in [3.8, 4) is 0 Å². The summed E-state index contributed by atoms with van der Waals surface area (Å²) in [5.74, 6) is 0.665. The Morgan fingerprint density at radius 3 is 2.33 bits per heavy atom. The molecule has 2 unspecified atom stereocenters. The van der Waals surface area contributed by atoms with Crippen LogP contribution in [0.15, 0.2) is 46.3 Å². The molecule has 2 rings (SSSR count). The third kappa shape index (κ3) is 4.41. The molecule has 0 amide bonds. The number of rotatable bonds is 7. The Bertz CT molecular complexity index is 533. The summed E-state index contributed by atoms with van der Waals surface area (Å²) in [6.45, 7) is 6.84. The summed E-state index contributed by atoms with van der Waals surface area (Å²) in [4.78, 5) is 1.38. The van der Waals surface area contributed by atoms with Gasteiger partial charge in [0.2, 0.25) is 0 Å². The van der Waals surface area contributed by atoms with Gasteiger partial charge in [0.05, 0.1) is 0 Å². The lowest BCUT2D eigenvalue weighted by atomic mass is 9.88. The molecule has 0 fully saturated rings. The van der Waals surface area contributed by atoms with Crippen molar-refractivity contribution in [2.24, 2.45) is 5.92 Å². The van der Waals surface area contributed by atoms with E-state index in [1.165, 1.54) is 27.8 Å². The molecule has 1 N–H and O–H groups in total. The number of thiophene rings is 1. The first-order chi connectivity index (χ1) is 10.2. The van der Waals surface area contributed by atoms with E-state index >= 15 is 0 Å². The molecule has 0 radical (unpaired) electrons. The van der Waals surface area contributed by atoms with Crippen molar-refractivity contribution < 1.29 is 0 Å². The zero-order chi connectivity index (χ0) is 15.2. The average molecular weight is 366 g/mol. The van der Waals surface area contributed by atoms with Crippen LogP contribution >= 0.6 is 27.3 Å². The lowest BCUT2D eigenvalue weighted by molar-refractivity contribution is 0.318. The van der Waals surface area contributed by atoms with Gasteiger partial charge in [-0.05, 0) is 40.4 Å². The number of hydrogen-bond acceptors (Lipinski definition) is 2. The van der Waals surface area contributed by atoms with Gasteiger partial charge in [0.15, 0.2) is 0 Å². The minimum Gasteiger partial charge on any atom is -0.302 e. The largest absolute Gasteiger partial charge is 0.302 e. The van der Waals surface area contributed by atoms with Crippen LogP contribution in [0.1, 0.15) is 56.1 Å². The van der Waals surface area contributed by atoms with Crippen molar-refractivity contribution in [2.75, 3.05) is 0 Å². The second-order valence-electron chi connectivity index (χ2n) is 5.52. The van der Waals surface area contributed by atoms with Crippen LogP contribution in [0.4, 0.5) is 0 Å². The molecular weight excluding hydrogens is 342 g/mol. The molecule has 3 heteroatoms. The molecule has 1 nitrogen and oxygen atoms in total. The summed E-state index contributed by atoms with van der Waals surface area (Å²) in [5, 5.41) is 6.01. The molecule has 0 bridgehead atoms. The maximum absolute atomic E-state index is 3.85. The molecule has 114 valence electrons. The zero-order valence-electron chi connectivity index (χ0n) is 13.0. The van der Waals surface area contributed by atoms with E-state index in [1.807, 2.05) is 11.3 Å². The van der Waals surface area contributed by atoms with Crippen LogP contribution < -0.4 is 5.32 Å². The molecule has 0 aliphatic rings. The van der Waals surface area contributed by atoms with Crippen molar-refractivity contribution in [1.82, 2.24) is 5.32 Å². The van der Waals surface area contributed by atoms with Crippen molar-refractivity contribution in [3.63, 3.8) is 0 Å². The molecule has 1 aromatic carbocycles. The molecule has 1 aromatic heterocycles. The lowest BCUT2D eigenvalue weighted by Crippen LogP contribution is -2.30. The summed E-state index contributed by atoms with van der Waals surface area (Å²) in [5.41, 5.74) is 1.40. The van der Waals surface area contributed by atoms with Gasteiger partial charge in [-0.3, -0.25) is 0 Å². The minimum atomic E-state index is 0.368. The predicted octanol–water partition coefficient (Wildman–Crippen LogP) is 6.34. The van der Waals surface area contributed by atoms with Crippen molar-refractivity contribution >= 4 is 27.3 Å². The first-order valence-corrected chi connectivity index (χ1v) is 9.37. The topological polar surface area (TPSA) is 12.0 Å². The van der Waals surface area contributed by atoms with E-state index in [2.05, 4.69) is 83.8 Å². The fourth-order valence-electron chi connectivity index (χ4n) is 2.83. The Kier molecular flexibility index (Phi) is 6.46. The molecule has 0 aliphatic heterocycles. The van der Waals surface area contributed by atoms with E-state index in [-0.39, 0.29) is 0 Å². The highest BCUT2D eigenvalue weighted by molar-refractivity contribution is 9.10. The number of nitrogens with one attached hydrogen (secondary N) is 1. The Morgan fingerprint density at radius 1 is 1.14 bits per heavy atom. The van der Waals surface area contributed by atoms with Crippen LogP contribution in [0.25, 0.3) is 0 Å². The SMILES string of the molecule is CCC(CC)C(NC(C)c1cc(Br)cs1)c1ccccc1. The van der Waals surface area contributed by atoms with Gasteiger partial charge in [0.1, 0.15) is 0 Å². The first kappa shape index (κ1) is 16.7. The first-order valence-electron chi connectivity index (χ1n) is 7.70. The molecule has 1 heterocycles. The molecule has 0 aliphatic carbocycles. The van der Waals surface area contributed by atoms with Gasteiger partial charge in [-0.2, -0.15) is 0 Å². The minimum absolute atomic E-state index is 0.368. The van der Waals surface area contributed by atoms with Gasteiger partial charge in [0.25, 0.3) is 0 Å². The Balaban J connectivity index is 2.19.